The topological polar surface area (TPSA) is 64.9 Å². The van der Waals surface area contributed by atoms with Crippen molar-refractivity contribution in [2.75, 3.05) is 0 Å². The lowest BCUT2D eigenvalue weighted by Crippen LogP contribution is -2.28. The van der Waals surface area contributed by atoms with Crippen LogP contribution in [0.5, 0.6) is 0 Å². The Balaban J connectivity index is 1.84. The minimum atomic E-state index is 0.0624. The van der Waals surface area contributed by atoms with Gasteiger partial charge in [0.2, 0.25) is 5.89 Å². The smallest absolute Gasteiger partial charge is 0.228 e. The molecule has 2 N–H and O–H groups in total. The summed E-state index contributed by atoms with van der Waals surface area (Å²) in [6.07, 6.45) is 3.31. The molecule has 1 aromatic carbocycles. The number of benzene rings is 1. The Kier molecular flexibility index (Phi) is 5.12. The second-order valence-corrected chi connectivity index (χ2v) is 6.82. The Morgan fingerprint density at radius 3 is 2.52 bits per heavy atom. The predicted octanol–water partition coefficient (Wildman–Crippen LogP) is 3.16. The number of aryl methyl sites for hydroxylation is 2. The summed E-state index contributed by atoms with van der Waals surface area (Å²) in [6.45, 7) is 6.56. The number of hydrogen-bond donors (Lipinski definition) is 1. The van der Waals surface area contributed by atoms with E-state index in [2.05, 4.69) is 43.0 Å². The average molecular weight is 287 g/mol. The first kappa shape index (κ1) is 15.7. The fourth-order valence-electron chi connectivity index (χ4n) is 2.46. The summed E-state index contributed by atoms with van der Waals surface area (Å²) in [4.78, 5) is 4.44. The van der Waals surface area contributed by atoms with E-state index in [0.717, 1.165) is 25.1 Å². The van der Waals surface area contributed by atoms with Gasteiger partial charge >= 0.3 is 0 Å². The van der Waals surface area contributed by atoms with Gasteiger partial charge < -0.3 is 10.3 Å². The third-order valence-corrected chi connectivity index (χ3v) is 3.30. The van der Waals surface area contributed by atoms with Crippen LogP contribution in [0.15, 0.2) is 34.9 Å². The van der Waals surface area contributed by atoms with Crippen molar-refractivity contribution in [1.29, 1.82) is 0 Å². The zero-order chi connectivity index (χ0) is 15.3. The second-order valence-electron chi connectivity index (χ2n) is 6.82. The molecule has 0 saturated heterocycles. The maximum atomic E-state index is 6.14. The van der Waals surface area contributed by atoms with Gasteiger partial charge in [-0.05, 0) is 23.8 Å². The van der Waals surface area contributed by atoms with E-state index in [0.29, 0.717) is 12.3 Å². The average Bonchev–Trinajstić information content (AvgIpc) is 2.83. The minimum Gasteiger partial charge on any atom is -0.339 e. The van der Waals surface area contributed by atoms with Gasteiger partial charge in [0.05, 0.1) is 0 Å². The molecule has 1 aromatic heterocycles. The highest BCUT2D eigenvalue weighted by molar-refractivity contribution is 5.15. The minimum absolute atomic E-state index is 0.0624. The molecule has 0 radical (unpaired) electrons. The van der Waals surface area contributed by atoms with Gasteiger partial charge in [0.1, 0.15) is 0 Å². The van der Waals surface area contributed by atoms with Crippen molar-refractivity contribution in [2.24, 2.45) is 11.1 Å². The van der Waals surface area contributed by atoms with E-state index in [-0.39, 0.29) is 11.5 Å². The molecule has 1 heterocycles. The highest BCUT2D eigenvalue weighted by atomic mass is 16.5. The van der Waals surface area contributed by atoms with Gasteiger partial charge in [-0.15, -0.1) is 0 Å². The van der Waals surface area contributed by atoms with Crippen molar-refractivity contribution < 1.29 is 4.52 Å². The van der Waals surface area contributed by atoms with E-state index in [1.54, 1.807) is 0 Å². The summed E-state index contributed by atoms with van der Waals surface area (Å²) >= 11 is 0. The fraction of sp³-hybridized carbons (Fsp3) is 0.529. The molecule has 4 nitrogen and oxygen atoms in total. The first-order chi connectivity index (χ1) is 9.92. The van der Waals surface area contributed by atoms with E-state index in [4.69, 9.17) is 10.3 Å². The normalized spacial score (nSPS) is 13.3. The van der Waals surface area contributed by atoms with Crippen LogP contribution in [0.3, 0.4) is 0 Å². The van der Waals surface area contributed by atoms with Crippen LogP contribution >= 0.6 is 0 Å². The highest BCUT2D eigenvalue weighted by Crippen LogP contribution is 2.21. The maximum Gasteiger partial charge on any atom is 0.228 e. The first-order valence-corrected chi connectivity index (χ1v) is 7.53. The third-order valence-electron chi connectivity index (χ3n) is 3.30. The summed E-state index contributed by atoms with van der Waals surface area (Å²) in [6, 6.07) is 10.4. The number of nitrogens with zero attached hydrogens (tertiary/aromatic N) is 2. The van der Waals surface area contributed by atoms with Crippen LogP contribution in [-0.2, 0) is 19.3 Å². The monoisotopic (exact) mass is 287 g/mol. The van der Waals surface area contributed by atoms with E-state index in [9.17, 15) is 0 Å². The van der Waals surface area contributed by atoms with Crippen LogP contribution < -0.4 is 5.73 Å². The van der Waals surface area contributed by atoms with Crippen LogP contribution in [0.2, 0.25) is 0 Å². The van der Waals surface area contributed by atoms with Gasteiger partial charge in [-0.25, -0.2) is 0 Å². The molecular formula is C17H25N3O. The van der Waals surface area contributed by atoms with E-state index in [1.165, 1.54) is 5.56 Å². The SMILES string of the molecule is CC(C)(C)CC(N)Cc1nc(CCc2ccccc2)no1. The standard InChI is InChI=1S/C17H25N3O/c1-17(2,3)12-14(18)11-16-19-15(20-21-16)10-9-13-7-5-4-6-8-13/h4-8,14H,9-12,18H2,1-3H3. The summed E-state index contributed by atoms with van der Waals surface area (Å²) in [5.74, 6) is 1.41. The molecule has 114 valence electrons. The Morgan fingerprint density at radius 2 is 1.86 bits per heavy atom. The van der Waals surface area contributed by atoms with E-state index < -0.39 is 0 Å². The van der Waals surface area contributed by atoms with Crippen molar-refractivity contribution in [3.8, 4) is 0 Å². The predicted molar refractivity (Wildman–Crippen MR) is 83.9 cm³/mol. The molecule has 0 amide bonds. The fourth-order valence-corrected chi connectivity index (χ4v) is 2.46. The first-order valence-electron chi connectivity index (χ1n) is 7.53. The zero-order valence-corrected chi connectivity index (χ0v) is 13.2. The van der Waals surface area contributed by atoms with Crippen molar-refractivity contribution in [2.45, 2.75) is 52.5 Å². The number of hydrogen-bond acceptors (Lipinski definition) is 4. The molecule has 0 aliphatic rings. The Bertz CT molecular complexity index is 543. The molecule has 0 fully saturated rings. The lowest BCUT2D eigenvalue weighted by Gasteiger charge is -2.21. The molecular weight excluding hydrogens is 262 g/mol. The van der Waals surface area contributed by atoms with Crippen LogP contribution in [-0.4, -0.2) is 16.2 Å². The van der Waals surface area contributed by atoms with Crippen molar-refractivity contribution >= 4 is 0 Å². The summed E-state index contributed by atoms with van der Waals surface area (Å²) in [5.41, 5.74) is 7.64. The molecule has 1 atom stereocenters. The molecule has 0 spiro atoms. The molecule has 1 unspecified atom stereocenters. The molecule has 21 heavy (non-hydrogen) atoms. The quantitative estimate of drug-likeness (QED) is 0.886. The van der Waals surface area contributed by atoms with Gasteiger partial charge in [0.25, 0.3) is 0 Å². The lowest BCUT2D eigenvalue weighted by atomic mass is 9.87. The largest absolute Gasteiger partial charge is 0.339 e. The number of rotatable bonds is 6. The van der Waals surface area contributed by atoms with Crippen molar-refractivity contribution in [3.63, 3.8) is 0 Å². The number of aromatic nitrogens is 2. The highest BCUT2D eigenvalue weighted by Gasteiger charge is 2.18. The van der Waals surface area contributed by atoms with Crippen LogP contribution in [0, 0.1) is 5.41 Å². The zero-order valence-electron chi connectivity index (χ0n) is 13.2. The van der Waals surface area contributed by atoms with E-state index >= 15 is 0 Å². The molecule has 0 aliphatic heterocycles. The third kappa shape index (κ3) is 5.68. The van der Waals surface area contributed by atoms with Crippen molar-refractivity contribution in [1.82, 2.24) is 10.1 Å². The number of nitrogens with two attached hydrogens (primary N) is 1. The molecule has 0 saturated carbocycles. The van der Waals surface area contributed by atoms with Gasteiger partial charge in [0.15, 0.2) is 5.82 Å². The van der Waals surface area contributed by atoms with Crippen LogP contribution in [0.25, 0.3) is 0 Å². The van der Waals surface area contributed by atoms with Crippen LogP contribution in [0.1, 0.15) is 44.5 Å². The Morgan fingerprint density at radius 1 is 1.14 bits per heavy atom. The molecule has 4 heteroatoms. The molecule has 0 aliphatic carbocycles. The van der Waals surface area contributed by atoms with Crippen LogP contribution in [0.4, 0.5) is 0 Å². The Hall–Kier alpha value is -1.68. The summed E-state index contributed by atoms with van der Waals surface area (Å²) in [5, 5.41) is 4.04. The summed E-state index contributed by atoms with van der Waals surface area (Å²) < 4.78 is 5.30. The van der Waals surface area contributed by atoms with E-state index in [1.807, 2.05) is 18.2 Å². The van der Waals surface area contributed by atoms with Gasteiger partial charge in [-0.2, -0.15) is 4.98 Å². The molecule has 2 aromatic rings. The second kappa shape index (κ2) is 6.85. The molecule has 2 rings (SSSR count). The van der Waals surface area contributed by atoms with Gasteiger partial charge in [0, 0.05) is 18.9 Å². The summed E-state index contributed by atoms with van der Waals surface area (Å²) in [7, 11) is 0. The molecule has 0 bridgehead atoms. The van der Waals surface area contributed by atoms with Gasteiger partial charge in [-0.3, -0.25) is 0 Å². The van der Waals surface area contributed by atoms with Crippen molar-refractivity contribution in [3.05, 3.63) is 47.6 Å². The lowest BCUT2D eigenvalue weighted by molar-refractivity contribution is 0.312. The Labute approximate surface area is 126 Å². The van der Waals surface area contributed by atoms with Gasteiger partial charge in [-0.1, -0.05) is 56.3 Å². The maximum absolute atomic E-state index is 6.14.